The van der Waals surface area contributed by atoms with Gasteiger partial charge in [0.2, 0.25) is 0 Å². The average Bonchev–Trinajstić information content (AvgIpc) is 2.85. The third-order valence-electron chi connectivity index (χ3n) is 3.83. The fourth-order valence-electron chi connectivity index (χ4n) is 2.69. The second kappa shape index (κ2) is 7.93. The minimum atomic E-state index is 0. The van der Waals surface area contributed by atoms with Crippen molar-refractivity contribution in [2.24, 2.45) is 5.16 Å². The number of halogens is 1. The quantitative estimate of drug-likeness (QED) is 0.630. The smallest absolute Gasteiger partial charge is 0.373 e. The predicted molar refractivity (Wildman–Crippen MR) is 72.0 cm³/mol. The van der Waals surface area contributed by atoms with Gasteiger partial charge in [-0.1, -0.05) is 35.0 Å². The first kappa shape index (κ1) is 17.4. The Morgan fingerprint density at radius 2 is 1.76 bits per heavy atom. The molecule has 0 aromatic heterocycles. The number of piperidine rings is 1. The molecule has 2 N–H and O–H groups in total. The molecule has 0 saturated carbocycles. The van der Waals surface area contributed by atoms with Crippen LogP contribution >= 0.6 is 0 Å². The van der Waals surface area contributed by atoms with E-state index in [0.717, 1.165) is 38.1 Å². The maximum Gasteiger partial charge on any atom is 0.373 e. The Morgan fingerprint density at radius 3 is 2.33 bits per heavy atom. The SMILES string of the molecule is Cc1ccc(C2=NOC3(CC[NH2+]CC3)C2)cc1.O=C=O.[Cl-]. The highest BCUT2D eigenvalue weighted by atomic mass is 35.5. The Bertz CT molecular complexity index is 516. The van der Waals surface area contributed by atoms with Crippen molar-refractivity contribution in [2.75, 3.05) is 13.1 Å². The lowest BCUT2D eigenvalue weighted by atomic mass is 9.86. The lowest BCUT2D eigenvalue weighted by Gasteiger charge is -2.28. The molecule has 0 unspecified atom stereocenters. The van der Waals surface area contributed by atoms with E-state index < -0.39 is 0 Å². The summed E-state index contributed by atoms with van der Waals surface area (Å²) in [6, 6.07) is 8.56. The summed E-state index contributed by atoms with van der Waals surface area (Å²) in [6.45, 7) is 4.43. The van der Waals surface area contributed by atoms with Crippen LogP contribution in [0.5, 0.6) is 0 Å². The normalized spacial score (nSPS) is 18.4. The van der Waals surface area contributed by atoms with Crippen LogP contribution in [-0.4, -0.2) is 30.6 Å². The number of carbonyl (C=O) groups excluding carboxylic acids is 2. The van der Waals surface area contributed by atoms with E-state index in [1.54, 1.807) is 0 Å². The van der Waals surface area contributed by atoms with Gasteiger partial charge in [-0.2, -0.15) is 9.59 Å². The number of hydrogen-bond donors (Lipinski definition) is 1. The highest BCUT2D eigenvalue weighted by molar-refractivity contribution is 6.01. The van der Waals surface area contributed by atoms with Crippen LogP contribution in [0.15, 0.2) is 29.4 Å². The Morgan fingerprint density at radius 1 is 1.19 bits per heavy atom. The van der Waals surface area contributed by atoms with E-state index in [0.29, 0.717) is 0 Å². The Hall–Kier alpha value is -1.68. The van der Waals surface area contributed by atoms with E-state index in [1.165, 1.54) is 11.1 Å². The van der Waals surface area contributed by atoms with Crippen molar-refractivity contribution in [3.05, 3.63) is 35.4 Å². The second-order valence-electron chi connectivity index (χ2n) is 5.30. The van der Waals surface area contributed by atoms with Crippen LogP contribution in [0, 0.1) is 6.92 Å². The van der Waals surface area contributed by atoms with Gasteiger partial charge in [0.15, 0.2) is 5.60 Å². The maximum absolute atomic E-state index is 8.12. The summed E-state index contributed by atoms with van der Waals surface area (Å²) in [4.78, 5) is 22.0. The van der Waals surface area contributed by atoms with E-state index in [2.05, 4.69) is 41.7 Å². The second-order valence-corrected chi connectivity index (χ2v) is 5.30. The summed E-state index contributed by atoms with van der Waals surface area (Å²) in [5.41, 5.74) is 3.62. The minimum Gasteiger partial charge on any atom is -1.00 e. The van der Waals surface area contributed by atoms with Crippen molar-refractivity contribution < 1.29 is 32.2 Å². The van der Waals surface area contributed by atoms with Gasteiger partial charge in [0.25, 0.3) is 0 Å². The predicted octanol–water partition coefficient (Wildman–Crippen LogP) is -2.36. The van der Waals surface area contributed by atoms with Gasteiger partial charge in [-0.3, -0.25) is 0 Å². The third-order valence-corrected chi connectivity index (χ3v) is 3.83. The van der Waals surface area contributed by atoms with E-state index in [1.807, 2.05) is 0 Å². The van der Waals surface area contributed by atoms with E-state index in [-0.39, 0.29) is 24.2 Å². The molecule has 1 aromatic rings. The summed E-state index contributed by atoms with van der Waals surface area (Å²) in [6.07, 6.45) is 3.46. The largest absolute Gasteiger partial charge is 1.00 e. The van der Waals surface area contributed by atoms with Gasteiger partial charge in [0, 0.05) is 19.3 Å². The highest BCUT2D eigenvalue weighted by Crippen LogP contribution is 2.33. The van der Waals surface area contributed by atoms with Crippen LogP contribution in [0.1, 0.15) is 30.4 Å². The molecule has 1 saturated heterocycles. The summed E-state index contributed by atoms with van der Waals surface area (Å²) in [7, 11) is 0. The number of quaternary nitrogens is 1. The Labute approximate surface area is 130 Å². The highest BCUT2D eigenvalue weighted by Gasteiger charge is 2.41. The number of oxime groups is 1. The van der Waals surface area contributed by atoms with Crippen LogP contribution in [0.2, 0.25) is 0 Å². The van der Waals surface area contributed by atoms with Crippen LogP contribution in [-0.2, 0) is 14.4 Å². The fourth-order valence-corrected chi connectivity index (χ4v) is 2.69. The topological polar surface area (TPSA) is 72.3 Å². The summed E-state index contributed by atoms with van der Waals surface area (Å²) < 4.78 is 0. The average molecular weight is 311 g/mol. The van der Waals surface area contributed by atoms with E-state index >= 15 is 0 Å². The van der Waals surface area contributed by atoms with Gasteiger partial charge < -0.3 is 22.6 Å². The van der Waals surface area contributed by atoms with Crippen LogP contribution in [0.4, 0.5) is 0 Å². The fraction of sp³-hybridized carbons (Fsp3) is 0.467. The first-order valence-corrected chi connectivity index (χ1v) is 6.82. The van der Waals surface area contributed by atoms with Crippen LogP contribution in [0.25, 0.3) is 0 Å². The Kier molecular flexibility index (Phi) is 6.56. The van der Waals surface area contributed by atoms with Gasteiger partial charge >= 0.3 is 6.15 Å². The molecule has 6 heteroatoms. The standard InChI is InChI=1S/C14H18N2O.CO2.ClH/c1-11-2-4-12(5-3-11)13-10-14(17-16-13)6-8-15-9-7-14;2-1-3;/h2-5,15H,6-10H2,1H3;;1H. The minimum absolute atomic E-state index is 0. The van der Waals surface area contributed by atoms with E-state index in [9.17, 15) is 0 Å². The first-order valence-electron chi connectivity index (χ1n) is 6.82. The van der Waals surface area contributed by atoms with Crippen LogP contribution in [0.3, 0.4) is 0 Å². The molecule has 0 atom stereocenters. The summed E-state index contributed by atoms with van der Waals surface area (Å²) in [5, 5.41) is 6.67. The van der Waals surface area contributed by atoms with E-state index in [4.69, 9.17) is 14.4 Å². The monoisotopic (exact) mass is 310 g/mol. The third kappa shape index (κ3) is 4.39. The lowest BCUT2D eigenvalue weighted by molar-refractivity contribution is -0.668. The van der Waals surface area contributed by atoms with Crippen molar-refractivity contribution in [3.8, 4) is 0 Å². The van der Waals surface area contributed by atoms with Crippen LogP contribution < -0.4 is 17.7 Å². The Balaban J connectivity index is 0.000000510. The lowest BCUT2D eigenvalue weighted by Crippen LogP contribution is -3.00. The van der Waals surface area contributed by atoms with Crippen molar-refractivity contribution in [2.45, 2.75) is 31.8 Å². The van der Waals surface area contributed by atoms with Crippen molar-refractivity contribution in [1.29, 1.82) is 0 Å². The molecule has 1 fully saturated rings. The molecule has 0 bridgehead atoms. The number of nitrogens with zero attached hydrogens (tertiary/aromatic N) is 1. The molecule has 0 amide bonds. The maximum atomic E-state index is 8.12. The van der Waals surface area contributed by atoms with Gasteiger partial charge in [-0.25, -0.2) is 0 Å². The number of benzene rings is 1. The molecule has 1 aromatic carbocycles. The number of aryl methyl sites for hydroxylation is 1. The molecular weight excluding hydrogens is 292 g/mol. The zero-order valence-corrected chi connectivity index (χ0v) is 12.7. The first-order chi connectivity index (χ1) is 9.69. The molecule has 1 spiro atoms. The molecule has 21 heavy (non-hydrogen) atoms. The molecule has 2 aliphatic rings. The van der Waals surface area contributed by atoms with Gasteiger partial charge in [0.05, 0.1) is 18.8 Å². The molecule has 0 radical (unpaired) electrons. The van der Waals surface area contributed by atoms with Crippen molar-refractivity contribution >= 4 is 11.9 Å². The molecule has 2 heterocycles. The summed E-state index contributed by atoms with van der Waals surface area (Å²) in [5.74, 6) is 0. The molecule has 0 aliphatic carbocycles. The molecule has 5 nitrogen and oxygen atoms in total. The number of nitrogens with two attached hydrogens (primary N) is 1. The zero-order valence-electron chi connectivity index (χ0n) is 12.0. The number of hydrogen-bond acceptors (Lipinski definition) is 4. The molecule has 2 aliphatic heterocycles. The zero-order chi connectivity index (χ0) is 14.4. The van der Waals surface area contributed by atoms with Gasteiger partial charge in [-0.15, -0.1) is 0 Å². The van der Waals surface area contributed by atoms with Crippen molar-refractivity contribution in [3.63, 3.8) is 0 Å². The summed E-state index contributed by atoms with van der Waals surface area (Å²) >= 11 is 0. The molecular formula is C15H19ClN2O3. The number of rotatable bonds is 1. The molecule has 3 rings (SSSR count). The molecule has 114 valence electrons. The van der Waals surface area contributed by atoms with Gasteiger partial charge in [0.1, 0.15) is 0 Å². The van der Waals surface area contributed by atoms with Gasteiger partial charge in [-0.05, 0) is 12.5 Å². The van der Waals surface area contributed by atoms with Crippen molar-refractivity contribution in [1.82, 2.24) is 0 Å².